The molecule has 0 radical (unpaired) electrons. The highest BCUT2D eigenvalue weighted by molar-refractivity contribution is 7.89. The highest BCUT2D eigenvalue weighted by atomic mass is 32.2. The Hall–Kier alpha value is -2.22. The fourth-order valence-corrected chi connectivity index (χ4v) is 3.31. The summed E-state index contributed by atoms with van der Waals surface area (Å²) in [4.78, 5) is 12.3. The van der Waals surface area contributed by atoms with Gasteiger partial charge in [-0.1, -0.05) is 12.1 Å². The van der Waals surface area contributed by atoms with Crippen LogP contribution in [-0.2, 0) is 16.6 Å². The smallest absolute Gasteiger partial charge is 0.255 e. The summed E-state index contributed by atoms with van der Waals surface area (Å²) in [5.74, 6) is -0.310. The van der Waals surface area contributed by atoms with Crippen LogP contribution in [0.25, 0.3) is 0 Å². The van der Waals surface area contributed by atoms with Crippen LogP contribution in [-0.4, -0.2) is 25.5 Å². The summed E-state index contributed by atoms with van der Waals surface area (Å²) in [6.45, 7) is 3.41. The second-order valence-electron chi connectivity index (χ2n) is 5.61. The molecule has 0 aliphatic rings. The van der Waals surface area contributed by atoms with Crippen molar-refractivity contribution in [1.82, 2.24) is 4.72 Å². The van der Waals surface area contributed by atoms with Crippen molar-refractivity contribution in [2.45, 2.75) is 31.4 Å². The predicted molar refractivity (Wildman–Crippen MR) is 92.2 cm³/mol. The number of anilines is 1. The molecule has 0 atom stereocenters. The number of carbonyl (C=O) groups is 1. The van der Waals surface area contributed by atoms with E-state index in [9.17, 15) is 13.2 Å². The van der Waals surface area contributed by atoms with E-state index in [1.165, 1.54) is 24.3 Å². The van der Waals surface area contributed by atoms with Gasteiger partial charge in [-0.15, -0.1) is 0 Å². The molecule has 1 amide bonds. The highest BCUT2D eigenvalue weighted by Gasteiger charge is 2.15. The summed E-state index contributed by atoms with van der Waals surface area (Å²) in [5, 5.41) is 11.7. The van der Waals surface area contributed by atoms with Gasteiger partial charge in [0.25, 0.3) is 5.91 Å². The number of sulfonamides is 1. The average Bonchev–Trinajstić information content (AvgIpc) is 2.54. The Kier molecular flexibility index (Phi) is 5.71. The first-order chi connectivity index (χ1) is 11.3. The number of carbonyl (C=O) groups excluding carboxylic acids is 1. The molecule has 0 aromatic heterocycles. The molecule has 0 heterocycles. The van der Waals surface area contributed by atoms with E-state index < -0.39 is 10.0 Å². The Morgan fingerprint density at radius 2 is 1.62 bits per heavy atom. The third kappa shape index (κ3) is 4.64. The van der Waals surface area contributed by atoms with Crippen molar-refractivity contribution >= 4 is 21.6 Å². The molecule has 0 spiro atoms. The Labute approximate surface area is 141 Å². The maximum absolute atomic E-state index is 12.1. The molecule has 24 heavy (non-hydrogen) atoms. The first-order valence-corrected chi connectivity index (χ1v) is 8.93. The number of hydrogen-bond donors (Lipinski definition) is 3. The molecule has 2 aromatic rings. The molecule has 0 saturated heterocycles. The van der Waals surface area contributed by atoms with Gasteiger partial charge in [-0.25, -0.2) is 13.1 Å². The summed E-state index contributed by atoms with van der Waals surface area (Å²) in [6.07, 6.45) is 0. The average molecular weight is 348 g/mol. The molecule has 7 heteroatoms. The van der Waals surface area contributed by atoms with Crippen LogP contribution >= 0.6 is 0 Å². The number of hydrogen-bond acceptors (Lipinski definition) is 4. The van der Waals surface area contributed by atoms with E-state index in [1.54, 1.807) is 38.1 Å². The van der Waals surface area contributed by atoms with Crippen molar-refractivity contribution in [1.29, 1.82) is 0 Å². The molecule has 0 bridgehead atoms. The molecular weight excluding hydrogens is 328 g/mol. The zero-order chi connectivity index (χ0) is 17.7. The summed E-state index contributed by atoms with van der Waals surface area (Å²) in [6, 6.07) is 12.3. The Bertz CT molecular complexity index is 797. The lowest BCUT2D eigenvalue weighted by molar-refractivity contribution is 0.102. The molecule has 0 fully saturated rings. The van der Waals surface area contributed by atoms with Gasteiger partial charge in [0.1, 0.15) is 0 Å². The first-order valence-electron chi connectivity index (χ1n) is 7.45. The number of aliphatic hydroxyl groups is 1. The van der Waals surface area contributed by atoms with E-state index in [0.717, 1.165) is 5.56 Å². The van der Waals surface area contributed by atoms with Crippen molar-refractivity contribution in [2.24, 2.45) is 0 Å². The van der Waals surface area contributed by atoms with Crippen LogP contribution in [0.15, 0.2) is 53.4 Å². The fourth-order valence-electron chi connectivity index (χ4n) is 2.06. The van der Waals surface area contributed by atoms with Gasteiger partial charge in [-0.2, -0.15) is 0 Å². The molecule has 2 rings (SSSR count). The Balaban J connectivity index is 2.09. The molecule has 0 aliphatic heterocycles. The lowest BCUT2D eigenvalue weighted by Crippen LogP contribution is -2.30. The van der Waals surface area contributed by atoms with Crippen molar-refractivity contribution in [3.63, 3.8) is 0 Å². The van der Waals surface area contributed by atoms with E-state index in [0.29, 0.717) is 11.3 Å². The molecule has 0 saturated carbocycles. The van der Waals surface area contributed by atoms with Crippen molar-refractivity contribution in [2.75, 3.05) is 5.32 Å². The zero-order valence-electron chi connectivity index (χ0n) is 13.5. The topological polar surface area (TPSA) is 95.5 Å². The van der Waals surface area contributed by atoms with Gasteiger partial charge < -0.3 is 10.4 Å². The van der Waals surface area contributed by atoms with Crippen LogP contribution in [0.1, 0.15) is 29.8 Å². The highest BCUT2D eigenvalue weighted by Crippen LogP contribution is 2.15. The van der Waals surface area contributed by atoms with Crippen LogP contribution in [0.4, 0.5) is 5.69 Å². The van der Waals surface area contributed by atoms with Crippen LogP contribution in [0, 0.1) is 0 Å². The fraction of sp³-hybridized carbons (Fsp3) is 0.235. The van der Waals surface area contributed by atoms with Gasteiger partial charge in [0.2, 0.25) is 10.0 Å². The van der Waals surface area contributed by atoms with E-state index in [1.807, 2.05) is 0 Å². The molecular formula is C17H20N2O4S. The second-order valence-corrected chi connectivity index (χ2v) is 7.32. The van der Waals surface area contributed by atoms with E-state index >= 15 is 0 Å². The molecule has 2 aromatic carbocycles. The maximum Gasteiger partial charge on any atom is 0.255 e. The monoisotopic (exact) mass is 348 g/mol. The summed E-state index contributed by atoms with van der Waals surface area (Å²) in [5.41, 5.74) is 1.67. The Morgan fingerprint density at radius 1 is 1.04 bits per heavy atom. The molecule has 3 N–H and O–H groups in total. The number of aliphatic hydroxyl groups excluding tert-OH is 1. The number of rotatable bonds is 6. The summed E-state index contributed by atoms with van der Waals surface area (Å²) < 4.78 is 26.6. The van der Waals surface area contributed by atoms with Crippen LogP contribution in [0.5, 0.6) is 0 Å². The maximum atomic E-state index is 12.1. The van der Waals surface area contributed by atoms with Crippen LogP contribution < -0.4 is 10.0 Å². The lowest BCUT2D eigenvalue weighted by atomic mass is 10.1. The van der Waals surface area contributed by atoms with Crippen LogP contribution in [0.3, 0.4) is 0 Å². The van der Waals surface area contributed by atoms with Crippen molar-refractivity contribution in [3.8, 4) is 0 Å². The minimum atomic E-state index is -3.55. The molecule has 6 nitrogen and oxygen atoms in total. The van der Waals surface area contributed by atoms with Crippen LogP contribution in [0.2, 0.25) is 0 Å². The largest absolute Gasteiger partial charge is 0.392 e. The number of amides is 1. The van der Waals surface area contributed by atoms with Gasteiger partial charge >= 0.3 is 0 Å². The standard InChI is InChI=1S/C17H20N2O4S/c1-12(2)19-24(22,23)16-9-7-15(8-10-16)18-17(21)14-5-3-13(11-20)4-6-14/h3-10,12,19-20H,11H2,1-2H3,(H,18,21). The van der Waals surface area contributed by atoms with Gasteiger partial charge in [-0.05, 0) is 55.8 Å². The third-order valence-electron chi connectivity index (χ3n) is 3.21. The molecule has 0 aliphatic carbocycles. The minimum absolute atomic E-state index is 0.0811. The van der Waals surface area contributed by atoms with Gasteiger partial charge in [0, 0.05) is 17.3 Å². The second kappa shape index (κ2) is 7.57. The van der Waals surface area contributed by atoms with E-state index in [2.05, 4.69) is 10.0 Å². The molecule has 0 unspecified atom stereocenters. The minimum Gasteiger partial charge on any atom is -0.392 e. The van der Waals surface area contributed by atoms with Crippen molar-refractivity contribution in [3.05, 3.63) is 59.7 Å². The summed E-state index contributed by atoms with van der Waals surface area (Å²) in [7, 11) is -3.55. The Morgan fingerprint density at radius 3 is 2.12 bits per heavy atom. The normalized spacial score (nSPS) is 11.5. The van der Waals surface area contributed by atoms with Crippen molar-refractivity contribution < 1.29 is 18.3 Å². The lowest BCUT2D eigenvalue weighted by Gasteiger charge is -2.10. The number of nitrogens with one attached hydrogen (secondary N) is 2. The SMILES string of the molecule is CC(C)NS(=O)(=O)c1ccc(NC(=O)c2ccc(CO)cc2)cc1. The van der Waals surface area contributed by atoms with Gasteiger partial charge in [0.15, 0.2) is 0 Å². The quantitative estimate of drug-likeness (QED) is 0.745. The van der Waals surface area contributed by atoms with E-state index in [-0.39, 0.29) is 23.5 Å². The van der Waals surface area contributed by atoms with E-state index in [4.69, 9.17) is 5.11 Å². The summed E-state index contributed by atoms with van der Waals surface area (Å²) >= 11 is 0. The van der Waals surface area contributed by atoms with Gasteiger partial charge in [0.05, 0.1) is 11.5 Å². The molecule has 128 valence electrons. The zero-order valence-corrected chi connectivity index (χ0v) is 14.3. The first kappa shape index (κ1) is 18.1. The van der Waals surface area contributed by atoms with Gasteiger partial charge in [-0.3, -0.25) is 4.79 Å². The number of benzene rings is 2. The predicted octanol–water partition coefficient (Wildman–Crippen LogP) is 2.12. The third-order valence-corrected chi connectivity index (χ3v) is 4.89.